The molecule has 0 aromatic rings. The number of hydrogen-bond donors (Lipinski definition) is 0. The monoisotopic (exact) mass is 192 g/mol. The Labute approximate surface area is 84.4 Å². The number of allylic oxidation sites excluding steroid dienone is 1. The zero-order valence-corrected chi connectivity index (χ0v) is 8.37. The van der Waals surface area contributed by atoms with Crippen LogP contribution in [0.5, 0.6) is 0 Å². The molecule has 0 heterocycles. The van der Waals surface area contributed by atoms with Gasteiger partial charge in [0.1, 0.15) is 11.6 Å². The molecule has 2 aliphatic carbocycles. The summed E-state index contributed by atoms with van der Waals surface area (Å²) in [5.74, 6) is 1.60. The Balaban J connectivity index is 2.15. The third-order valence-corrected chi connectivity index (χ3v) is 3.70. The molecule has 2 fully saturated rings. The summed E-state index contributed by atoms with van der Waals surface area (Å²) in [7, 11) is 0. The Hall–Kier alpha value is -0.920. The lowest BCUT2D eigenvalue weighted by atomic mass is 9.65. The first kappa shape index (κ1) is 9.63. The molecule has 2 rings (SSSR count). The maximum Gasteiger partial charge on any atom is 0.140 e. The van der Waals surface area contributed by atoms with Crippen molar-refractivity contribution in [2.24, 2.45) is 17.8 Å². The number of ketones is 2. The molecular formula is C12H16O2. The lowest BCUT2D eigenvalue weighted by molar-refractivity contribution is -0.132. The van der Waals surface area contributed by atoms with E-state index in [1.807, 2.05) is 0 Å². The standard InChI is InChI=1S/C12H16O2/c1-2-10-11-5-4-9(13)7-8(11)3-6-12(10)14/h2,8,10-11H,1,3-7H2. The van der Waals surface area contributed by atoms with Crippen LogP contribution >= 0.6 is 0 Å². The van der Waals surface area contributed by atoms with Gasteiger partial charge in [0.25, 0.3) is 0 Å². The molecule has 0 aromatic carbocycles. The molecule has 0 saturated heterocycles. The molecule has 0 spiro atoms. The van der Waals surface area contributed by atoms with Crippen LogP contribution in [0.2, 0.25) is 0 Å². The average Bonchev–Trinajstić information content (AvgIpc) is 2.18. The topological polar surface area (TPSA) is 34.1 Å². The number of fused-ring (bicyclic) bond motifs is 1. The molecule has 0 amide bonds. The predicted molar refractivity (Wildman–Crippen MR) is 53.8 cm³/mol. The number of rotatable bonds is 1. The van der Waals surface area contributed by atoms with Crippen LogP contribution in [0.4, 0.5) is 0 Å². The summed E-state index contributed by atoms with van der Waals surface area (Å²) < 4.78 is 0. The molecular weight excluding hydrogens is 176 g/mol. The highest BCUT2D eigenvalue weighted by Crippen LogP contribution is 2.41. The van der Waals surface area contributed by atoms with Gasteiger partial charge < -0.3 is 0 Å². The molecule has 2 aliphatic rings. The predicted octanol–water partition coefficient (Wildman–Crippen LogP) is 2.14. The van der Waals surface area contributed by atoms with Crippen molar-refractivity contribution in [1.82, 2.24) is 0 Å². The summed E-state index contributed by atoms with van der Waals surface area (Å²) in [5, 5.41) is 0. The Bertz CT molecular complexity index is 280. The fourth-order valence-corrected chi connectivity index (χ4v) is 2.94. The third-order valence-electron chi connectivity index (χ3n) is 3.70. The van der Waals surface area contributed by atoms with Gasteiger partial charge >= 0.3 is 0 Å². The van der Waals surface area contributed by atoms with Crippen molar-refractivity contribution >= 4 is 11.6 Å². The molecule has 0 bridgehead atoms. The summed E-state index contributed by atoms with van der Waals surface area (Å²) in [6, 6.07) is 0. The Morgan fingerprint density at radius 2 is 2.00 bits per heavy atom. The molecule has 2 heteroatoms. The molecule has 3 atom stereocenters. The first-order valence-corrected chi connectivity index (χ1v) is 5.39. The van der Waals surface area contributed by atoms with E-state index in [0.29, 0.717) is 42.7 Å². The van der Waals surface area contributed by atoms with Gasteiger partial charge in [0, 0.05) is 25.2 Å². The fraction of sp³-hybridized carbons (Fsp3) is 0.667. The van der Waals surface area contributed by atoms with Crippen molar-refractivity contribution in [3.8, 4) is 0 Å². The largest absolute Gasteiger partial charge is 0.300 e. The molecule has 3 unspecified atom stereocenters. The molecule has 2 nitrogen and oxygen atoms in total. The Kier molecular flexibility index (Phi) is 2.53. The quantitative estimate of drug-likeness (QED) is 0.596. The molecule has 0 radical (unpaired) electrons. The first-order valence-electron chi connectivity index (χ1n) is 5.39. The van der Waals surface area contributed by atoms with Crippen molar-refractivity contribution in [3.05, 3.63) is 12.7 Å². The number of hydrogen-bond acceptors (Lipinski definition) is 2. The number of carbonyl (C=O) groups excluding carboxylic acids is 2. The zero-order chi connectivity index (χ0) is 10.1. The first-order chi connectivity index (χ1) is 6.72. The maximum atomic E-state index is 11.6. The maximum absolute atomic E-state index is 11.6. The molecule has 76 valence electrons. The van der Waals surface area contributed by atoms with E-state index in [1.165, 1.54) is 0 Å². The van der Waals surface area contributed by atoms with Crippen molar-refractivity contribution in [2.45, 2.75) is 32.1 Å². The van der Waals surface area contributed by atoms with Crippen LogP contribution in [0.3, 0.4) is 0 Å². The molecule has 14 heavy (non-hydrogen) atoms. The second-order valence-corrected chi connectivity index (χ2v) is 4.47. The summed E-state index contributed by atoms with van der Waals surface area (Å²) >= 11 is 0. The molecule has 0 aromatic heterocycles. The smallest absolute Gasteiger partial charge is 0.140 e. The van der Waals surface area contributed by atoms with E-state index >= 15 is 0 Å². The summed E-state index contributed by atoms with van der Waals surface area (Å²) in [6.07, 6.45) is 5.60. The summed E-state index contributed by atoms with van der Waals surface area (Å²) in [6.45, 7) is 3.74. The van der Waals surface area contributed by atoms with Crippen LogP contribution in [0.1, 0.15) is 32.1 Å². The van der Waals surface area contributed by atoms with Crippen molar-refractivity contribution in [1.29, 1.82) is 0 Å². The number of Topliss-reactive ketones (excluding diaryl/α,β-unsaturated/α-hetero) is 2. The van der Waals surface area contributed by atoms with E-state index in [2.05, 4.69) is 6.58 Å². The second kappa shape index (κ2) is 3.68. The van der Waals surface area contributed by atoms with Crippen LogP contribution in [-0.2, 0) is 9.59 Å². The van der Waals surface area contributed by atoms with E-state index < -0.39 is 0 Å². The van der Waals surface area contributed by atoms with Crippen LogP contribution in [0.15, 0.2) is 12.7 Å². The summed E-state index contributed by atoms with van der Waals surface area (Å²) in [5.41, 5.74) is 0. The van der Waals surface area contributed by atoms with E-state index in [9.17, 15) is 9.59 Å². The highest BCUT2D eigenvalue weighted by atomic mass is 16.1. The lowest BCUT2D eigenvalue weighted by Crippen LogP contribution is -2.38. The third kappa shape index (κ3) is 1.54. The van der Waals surface area contributed by atoms with Gasteiger partial charge in [0.15, 0.2) is 0 Å². The van der Waals surface area contributed by atoms with Gasteiger partial charge in [-0.2, -0.15) is 0 Å². The van der Waals surface area contributed by atoms with Gasteiger partial charge in [-0.1, -0.05) is 6.08 Å². The van der Waals surface area contributed by atoms with E-state index in [-0.39, 0.29) is 5.92 Å². The fourth-order valence-electron chi connectivity index (χ4n) is 2.94. The molecule has 2 saturated carbocycles. The van der Waals surface area contributed by atoms with E-state index in [4.69, 9.17) is 0 Å². The van der Waals surface area contributed by atoms with Gasteiger partial charge in [-0.05, 0) is 24.7 Å². The average molecular weight is 192 g/mol. The Morgan fingerprint density at radius 1 is 1.21 bits per heavy atom. The van der Waals surface area contributed by atoms with Crippen molar-refractivity contribution in [2.75, 3.05) is 0 Å². The van der Waals surface area contributed by atoms with Gasteiger partial charge in [0.2, 0.25) is 0 Å². The van der Waals surface area contributed by atoms with Gasteiger partial charge in [0.05, 0.1) is 0 Å². The second-order valence-electron chi connectivity index (χ2n) is 4.47. The minimum absolute atomic E-state index is 0.0295. The van der Waals surface area contributed by atoms with Crippen LogP contribution < -0.4 is 0 Å². The molecule has 0 aliphatic heterocycles. The number of carbonyl (C=O) groups is 2. The van der Waals surface area contributed by atoms with Gasteiger partial charge in [-0.25, -0.2) is 0 Å². The zero-order valence-electron chi connectivity index (χ0n) is 8.37. The minimum atomic E-state index is 0.0295. The minimum Gasteiger partial charge on any atom is -0.300 e. The highest BCUT2D eigenvalue weighted by Gasteiger charge is 2.39. The summed E-state index contributed by atoms with van der Waals surface area (Å²) in [4.78, 5) is 22.9. The SMILES string of the molecule is C=CC1C(=O)CCC2CC(=O)CCC21. The molecule has 0 N–H and O–H groups in total. The lowest BCUT2D eigenvalue weighted by Gasteiger charge is -2.38. The van der Waals surface area contributed by atoms with Crippen LogP contribution in [0, 0.1) is 17.8 Å². The van der Waals surface area contributed by atoms with Crippen LogP contribution in [0.25, 0.3) is 0 Å². The Morgan fingerprint density at radius 3 is 2.71 bits per heavy atom. The van der Waals surface area contributed by atoms with Gasteiger partial charge in [-0.3, -0.25) is 9.59 Å². The highest BCUT2D eigenvalue weighted by molar-refractivity contribution is 5.85. The normalized spacial score (nSPS) is 37.9. The van der Waals surface area contributed by atoms with Crippen LogP contribution in [-0.4, -0.2) is 11.6 Å². The van der Waals surface area contributed by atoms with E-state index in [0.717, 1.165) is 12.8 Å². The van der Waals surface area contributed by atoms with Crippen molar-refractivity contribution < 1.29 is 9.59 Å². The van der Waals surface area contributed by atoms with Gasteiger partial charge in [-0.15, -0.1) is 6.58 Å². The van der Waals surface area contributed by atoms with Crippen molar-refractivity contribution in [3.63, 3.8) is 0 Å². The van der Waals surface area contributed by atoms with E-state index in [1.54, 1.807) is 6.08 Å².